The lowest BCUT2D eigenvalue weighted by molar-refractivity contribution is -0.758. The predicted octanol–water partition coefficient (Wildman–Crippen LogP) is 2.55. The molecule has 2 rings (SSSR count). The van der Waals surface area contributed by atoms with E-state index in [-0.39, 0.29) is 13.2 Å². The third-order valence-corrected chi connectivity index (χ3v) is 3.92. The van der Waals surface area contributed by atoms with Crippen molar-refractivity contribution in [1.82, 2.24) is 5.32 Å². The van der Waals surface area contributed by atoms with Crippen molar-refractivity contribution in [3.05, 3.63) is 52.6 Å². The molecule has 2 aromatic carbocycles. The Kier molecular flexibility index (Phi) is 6.55. The minimum absolute atomic E-state index is 0.00952. The summed E-state index contributed by atoms with van der Waals surface area (Å²) < 4.78 is 5.75. The number of hydrogen-bond donors (Lipinski definition) is 2. The van der Waals surface area contributed by atoms with E-state index in [1.165, 1.54) is 0 Å². The van der Waals surface area contributed by atoms with Crippen molar-refractivity contribution in [3.8, 4) is 5.75 Å². The number of rotatable bonds is 10. The Hall–Kier alpha value is -2.38. The normalized spacial score (nSPS) is 12.8. The summed E-state index contributed by atoms with van der Waals surface area (Å²) in [6, 6.07) is 13.7. The minimum atomic E-state index is -0.803. The smallest absolute Gasteiger partial charge is 0.294 e. The molecule has 0 aliphatic rings. The van der Waals surface area contributed by atoms with Crippen molar-refractivity contribution >= 4 is 10.8 Å². The summed E-state index contributed by atoms with van der Waals surface area (Å²) in [6.07, 6.45) is -0.250. The third-order valence-electron chi connectivity index (χ3n) is 3.92. The number of aliphatic hydroxyl groups excluding tert-OH is 1. The predicted molar refractivity (Wildman–Crippen MR) is 95.1 cm³/mol. The first-order valence-corrected chi connectivity index (χ1v) is 8.18. The summed E-state index contributed by atoms with van der Waals surface area (Å²) in [5.41, 5.74) is -0.392. The van der Waals surface area contributed by atoms with Crippen LogP contribution < -0.4 is 10.1 Å². The molecule has 0 radical (unpaired) electrons. The van der Waals surface area contributed by atoms with Crippen molar-refractivity contribution in [2.75, 3.05) is 19.8 Å². The van der Waals surface area contributed by atoms with Gasteiger partial charge in [0, 0.05) is 17.5 Å². The number of ether oxygens (including phenoxy) is 1. The number of nitrogens with one attached hydrogen (secondary N) is 1. The molecule has 0 aliphatic carbocycles. The summed E-state index contributed by atoms with van der Waals surface area (Å²) >= 11 is 0. The zero-order valence-corrected chi connectivity index (χ0v) is 14.5. The van der Waals surface area contributed by atoms with Crippen LogP contribution in [0.5, 0.6) is 5.75 Å². The van der Waals surface area contributed by atoms with E-state index in [4.69, 9.17) is 4.74 Å². The molecule has 0 fully saturated rings. The lowest BCUT2D eigenvalue weighted by Crippen LogP contribution is -2.45. The van der Waals surface area contributed by atoms with Gasteiger partial charge in [-0.05, 0) is 31.7 Å². The molecule has 0 spiro atoms. The fourth-order valence-electron chi connectivity index (χ4n) is 2.42. The Morgan fingerprint density at radius 2 is 1.96 bits per heavy atom. The molecule has 7 heteroatoms. The minimum Gasteiger partial charge on any atom is -0.490 e. The molecule has 1 atom stereocenters. The van der Waals surface area contributed by atoms with Gasteiger partial charge in [-0.3, -0.25) is 0 Å². The zero-order valence-electron chi connectivity index (χ0n) is 14.5. The van der Waals surface area contributed by atoms with Crippen LogP contribution in [0, 0.1) is 10.1 Å². The van der Waals surface area contributed by atoms with E-state index in [0.717, 1.165) is 16.5 Å². The molecule has 0 heterocycles. The van der Waals surface area contributed by atoms with Gasteiger partial charge in [0.25, 0.3) is 5.09 Å². The summed E-state index contributed by atoms with van der Waals surface area (Å²) in [5.74, 6) is 0.732. The number of benzene rings is 2. The summed E-state index contributed by atoms with van der Waals surface area (Å²) in [5, 5.41) is 24.8. The fourth-order valence-corrected chi connectivity index (χ4v) is 2.42. The highest BCUT2D eigenvalue weighted by Crippen LogP contribution is 2.25. The first kappa shape index (κ1) is 19.0. The monoisotopic (exact) mass is 348 g/mol. The Bertz CT molecular complexity index is 699. The van der Waals surface area contributed by atoms with Crippen molar-refractivity contribution < 1.29 is 19.8 Å². The molecular weight excluding hydrogens is 324 g/mol. The van der Waals surface area contributed by atoms with E-state index in [1.54, 1.807) is 0 Å². The average Bonchev–Trinajstić information content (AvgIpc) is 2.57. The average molecular weight is 348 g/mol. The Balaban J connectivity index is 1.80. The van der Waals surface area contributed by atoms with Crippen LogP contribution in [0.1, 0.15) is 20.3 Å². The fraction of sp³-hybridized carbons (Fsp3) is 0.444. The number of hydrogen-bond acceptors (Lipinski definition) is 6. The SMILES string of the molecule is CC(C)(CCO[N+](=O)[O-])NCC(O)COc1cccc2ccccc12. The largest absolute Gasteiger partial charge is 0.490 e. The molecule has 2 N–H and O–H groups in total. The highest BCUT2D eigenvalue weighted by molar-refractivity contribution is 5.88. The summed E-state index contributed by atoms with van der Waals surface area (Å²) in [7, 11) is 0. The van der Waals surface area contributed by atoms with Gasteiger partial charge in [-0.1, -0.05) is 36.4 Å². The highest BCUT2D eigenvalue weighted by Gasteiger charge is 2.19. The van der Waals surface area contributed by atoms with E-state index in [1.807, 2.05) is 56.3 Å². The van der Waals surface area contributed by atoms with E-state index >= 15 is 0 Å². The lowest BCUT2D eigenvalue weighted by Gasteiger charge is -2.27. The first-order chi connectivity index (χ1) is 11.9. The number of nitrogens with zero attached hydrogens (tertiary/aromatic N) is 1. The molecule has 1 unspecified atom stereocenters. The molecule has 0 bridgehead atoms. The molecular formula is C18H24N2O5. The third kappa shape index (κ3) is 6.21. The summed E-state index contributed by atoms with van der Waals surface area (Å²) in [6.45, 7) is 4.28. The Morgan fingerprint density at radius 3 is 2.72 bits per heavy atom. The van der Waals surface area contributed by atoms with Gasteiger partial charge in [0.1, 0.15) is 18.5 Å². The van der Waals surface area contributed by atoms with Gasteiger partial charge >= 0.3 is 0 Å². The van der Waals surface area contributed by atoms with Crippen LogP contribution in [0.15, 0.2) is 42.5 Å². The topological polar surface area (TPSA) is 93.9 Å². The van der Waals surface area contributed by atoms with Gasteiger partial charge in [0.05, 0.1) is 6.61 Å². The van der Waals surface area contributed by atoms with Gasteiger partial charge in [0.2, 0.25) is 0 Å². The van der Waals surface area contributed by atoms with Crippen molar-refractivity contribution in [2.45, 2.75) is 31.9 Å². The van der Waals surface area contributed by atoms with E-state index in [9.17, 15) is 15.2 Å². The molecule has 0 amide bonds. The number of β-amino-alcohol motifs (C(OH)–C–C–N with tert-alkyl or cyclic N) is 1. The van der Waals surface area contributed by atoms with Crippen LogP contribution in [-0.2, 0) is 4.84 Å². The lowest BCUT2D eigenvalue weighted by atomic mass is 10.0. The molecule has 25 heavy (non-hydrogen) atoms. The first-order valence-electron chi connectivity index (χ1n) is 8.18. The maximum Gasteiger partial charge on any atom is 0.294 e. The van der Waals surface area contributed by atoms with Crippen LogP contribution in [0.25, 0.3) is 10.8 Å². The molecule has 0 saturated heterocycles. The van der Waals surface area contributed by atoms with Gasteiger partial charge in [0.15, 0.2) is 0 Å². The van der Waals surface area contributed by atoms with Gasteiger partial charge in [-0.15, -0.1) is 10.1 Å². The molecule has 0 saturated carbocycles. The zero-order chi connectivity index (χ0) is 18.3. The van der Waals surface area contributed by atoms with Crippen molar-refractivity contribution in [2.24, 2.45) is 0 Å². The Labute approximate surface area is 146 Å². The second kappa shape index (κ2) is 8.64. The standard InChI is InChI=1S/C18H24N2O5/c1-18(2,10-11-25-20(22)23)19-12-15(21)13-24-17-9-5-7-14-6-3-4-8-16(14)17/h3-9,15,19,21H,10-13H2,1-2H3. The second-order valence-corrected chi connectivity index (χ2v) is 6.51. The van der Waals surface area contributed by atoms with Crippen LogP contribution >= 0.6 is 0 Å². The van der Waals surface area contributed by atoms with Gasteiger partial charge < -0.3 is 20.0 Å². The molecule has 136 valence electrons. The van der Waals surface area contributed by atoms with Crippen LogP contribution in [-0.4, -0.2) is 41.6 Å². The number of fused-ring (bicyclic) bond motifs is 1. The van der Waals surface area contributed by atoms with Gasteiger partial charge in [-0.2, -0.15) is 0 Å². The van der Waals surface area contributed by atoms with Crippen LogP contribution in [0.3, 0.4) is 0 Å². The summed E-state index contributed by atoms with van der Waals surface area (Å²) in [4.78, 5) is 14.5. The molecule has 0 aliphatic heterocycles. The maximum atomic E-state index is 10.2. The Morgan fingerprint density at radius 1 is 1.24 bits per heavy atom. The van der Waals surface area contributed by atoms with Crippen LogP contribution in [0.2, 0.25) is 0 Å². The van der Waals surface area contributed by atoms with Crippen molar-refractivity contribution in [1.29, 1.82) is 0 Å². The van der Waals surface area contributed by atoms with E-state index in [2.05, 4.69) is 10.2 Å². The maximum absolute atomic E-state index is 10.2. The molecule has 0 aromatic heterocycles. The van der Waals surface area contributed by atoms with Crippen molar-refractivity contribution in [3.63, 3.8) is 0 Å². The second-order valence-electron chi connectivity index (χ2n) is 6.51. The molecule has 2 aromatic rings. The van der Waals surface area contributed by atoms with Crippen LogP contribution in [0.4, 0.5) is 0 Å². The quantitative estimate of drug-likeness (QED) is 0.506. The van der Waals surface area contributed by atoms with E-state index < -0.39 is 16.7 Å². The van der Waals surface area contributed by atoms with Gasteiger partial charge in [-0.25, -0.2) is 0 Å². The highest BCUT2D eigenvalue weighted by atomic mass is 16.9. The molecule has 7 nitrogen and oxygen atoms in total. The van der Waals surface area contributed by atoms with E-state index in [0.29, 0.717) is 13.0 Å². The number of aliphatic hydroxyl groups is 1.